The molecule has 1 amide bonds. The predicted molar refractivity (Wildman–Crippen MR) is 93.2 cm³/mol. The van der Waals surface area contributed by atoms with Gasteiger partial charge in [0.1, 0.15) is 0 Å². The third-order valence-electron chi connectivity index (χ3n) is 4.82. The van der Waals surface area contributed by atoms with Crippen molar-refractivity contribution in [3.63, 3.8) is 0 Å². The number of rotatable bonds is 7. The molecule has 0 aromatic carbocycles. The lowest BCUT2D eigenvalue weighted by molar-refractivity contribution is -0.137. The zero-order valence-electron chi connectivity index (χ0n) is 14.4. The molecule has 0 saturated carbocycles. The van der Waals surface area contributed by atoms with Crippen LogP contribution in [-0.4, -0.2) is 60.5 Å². The Balaban J connectivity index is 1.88. The minimum Gasteiger partial charge on any atom is -0.341 e. The second-order valence-electron chi connectivity index (χ2n) is 6.64. The molecule has 5 nitrogen and oxygen atoms in total. The lowest BCUT2D eigenvalue weighted by Crippen LogP contribution is -2.48. The molecule has 0 bridgehead atoms. The Bertz CT molecular complexity index is 469. The largest absolute Gasteiger partial charge is 0.341 e. The molecule has 1 aliphatic heterocycles. The van der Waals surface area contributed by atoms with E-state index in [0.717, 1.165) is 45.2 Å². The van der Waals surface area contributed by atoms with Crippen LogP contribution in [0.25, 0.3) is 0 Å². The molecule has 1 unspecified atom stereocenters. The summed E-state index contributed by atoms with van der Waals surface area (Å²) in [7, 11) is 3.99. The van der Waals surface area contributed by atoms with Gasteiger partial charge in [-0.1, -0.05) is 6.42 Å². The highest BCUT2D eigenvalue weighted by Crippen LogP contribution is 2.28. The van der Waals surface area contributed by atoms with E-state index in [1.807, 2.05) is 36.3 Å². The second-order valence-corrected chi connectivity index (χ2v) is 6.64. The number of aromatic nitrogens is 1. The normalized spacial score (nSPS) is 17.5. The molecule has 23 heavy (non-hydrogen) atoms. The summed E-state index contributed by atoms with van der Waals surface area (Å²) in [5.41, 5.74) is 6.91. The molecule has 0 aliphatic carbocycles. The Morgan fingerprint density at radius 2 is 1.96 bits per heavy atom. The van der Waals surface area contributed by atoms with Gasteiger partial charge in [0.05, 0.1) is 6.04 Å². The molecule has 1 aromatic rings. The number of likely N-dealkylation sites (N-methyl/N-ethyl adjacent to an activating group) is 1. The van der Waals surface area contributed by atoms with Crippen LogP contribution >= 0.6 is 0 Å². The van der Waals surface area contributed by atoms with Crippen molar-refractivity contribution in [1.29, 1.82) is 0 Å². The van der Waals surface area contributed by atoms with Crippen molar-refractivity contribution in [2.24, 2.45) is 5.73 Å². The molecule has 2 N–H and O–H groups in total. The van der Waals surface area contributed by atoms with Gasteiger partial charge in [-0.3, -0.25) is 14.7 Å². The fourth-order valence-corrected chi connectivity index (χ4v) is 3.36. The van der Waals surface area contributed by atoms with Crippen molar-refractivity contribution >= 4 is 5.91 Å². The summed E-state index contributed by atoms with van der Waals surface area (Å²) >= 11 is 0. The summed E-state index contributed by atoms with van der Waals surface area (Å²) in [5, 5.41) is 0. The average molecular weight is 318 g/mol. The fraction of sp³-hybridized carbons (Fsp3) is 0.667. The minimum atomic E-state index is -0.0148. The van der Waals surface area contributed by atoms with Gasteiger partial charge in [-0.2, -0.15) is 0 Å². The van der Waals surface area contributed by atoms with E-state index in [4.69, 9.17) is 5.73 Å². The number of hydrogen-bond donors (Lipinski definition) is 1. The van der Waals surface area contributed by atoms with Crippen LogP contribution in [0.15, 0.2) is 24.5 Å². The van der Waals surface area contributed by atoms with Crippen molar-refractivity contribution in [2.45, 2.75) is 44.1 Å². The van der Waals surface area contributed by atoms with Gasteiger partial charge in [-0.15, -0.1) is 0 Å². The zero-order valence-corrected chi connectivity index (χ0v) is 14.4. The number of pyridine rings is 1. The molecule has 0 spiro atoms. The molecule has 1 fully saturated rings. The first-order valence-corrected chi connectivity index (χ1v) is 8.68. The average Bonchev–Trinajstić information content (AvgIpc) is 2.59. The van der Waals surface area contributed by atoms with Crippen LogP contribution in [-0.2, 0) is 4.79 Å². The molecule has 128 valence electrons. The number of nitrogens with two attached hydrogens (primary N) is 1. The number of likely N-dealkylation sites (tertiary alicyclic amines) is 1. The summed E-state index contributed by atoms with van der Waals surface area (Å²) in [5.74, 6) is 0.831. The zero-order chi connectivity index (χ0) is 16.7. The van der Waals surface area contributed by atoms with Crippen molar-refractivity contribution in [3.05, 3.63) is 30.1 Å². The quantitative estimate of drug-likeness (QED) is 0.779. The third kappa shape index (κ3) is 5.01. The first-order chi connectivity index (χ1) is 11.1. The van der Waals surface area contributed by atoms with E-state index in [1.54, 1.807) is 0 Å². The maximum Gasteiger partial charge on any atom is 0.239 e. The van der Waals surface area contributed by atoms with Crippen molar-refractivity contribution in [2.75, 3.05) is 33.7 Å². The van der Waals surface area contributed by atoms with E-state index in [1.165, 1.54) is 5.56 Å². The van der Waals surface area contributed by atoms with E-state index in [-0.39, 0.29) is 11.9 Å². The molecule has 2 heterocycles. The van der Waals surface area contributed by atoms with Gasteiger partial charge in [0.25, 0.3) is 0 Å². The Kier molecular flexibility index (Phi) is 6.99. The Morgan fingerprint density at radius 1 is 1.30 bits per heavy atom. The smallest absolute Gasteiger partial charge is 0.239 e. The van der Waals surface area contributed by atoms with E-state index >= 15 is 0 Å². The molecular formula is C18H30N4O. The summed E-state index contributed by atoms with van der Waals surface area (Å²) in [6.45, 7) is 2.41. The van der Waals surface area contributed by atoms with Gasteiger partial charge < -0.3 is 10.6 Å². The molecule has 1 aliphatic rings. The summed E-state index contributed by atoms with van der Waals surface area (Å²) < 4.78 is 0. The number of unbranched alkanes of at least 4 members (excludes halogenated alkanes) is 1. The summed E-state index contributed by atoms with van der Waals surface area (Å²) in [6, 6.07) is 4.17. The predicted octanol–water partition coefficient (Wildman–Crippen LogP) is 1.85. The van der Waals surface area contributed by atoms with Crippen molar-refractivity contribution in [3.8, 4) is 0 Å². The SMILES string of the molecule is CN(C)C(CCCCN)C(=O)N1CCC(c2ccncc2)CC1. The number of carbonyl (C=O) groups excluding carboxylic acids is 1. The standard InChI is InChI=1S/C18H30N4O/c1-21(2)17(5-3-4-10-19)18(23)22-13-8-16(9-14-22)15-6-11-20-12-7-15/h6-7,11-12,16-17H,3-5,8-10,13-14,19H2,1-2H3. The molecule has 2 rings (SSSR count). The highest BCUT2D eigenvalue weighted by atomic mass is 16.2. The number of hydrogen-bond acceptors (Lipinski definition) is 4. The third-order valence-corrected chi connectivity index (χ3v) is 4.82. The van der Waals surface area contributed by atoms with E-state index in [2.05, 4.69) is 17.1 Å². The highest BCUT2D eigenvalue weighted by molar-refractivity contribution is 5.82. The fourth-order valence-electron chi connectivity index (χ4n) is 3.36. The maximum absolute atomic E-state index is 12.8. The molecule has 1 atom stereocenters. The van der Waals surface area contributed by atoms with Crippen LogP contribution < -0.4 is 5.73 Å². The van der Waals surface area contributed by atoms with Crippen molar-refractivity contribution in [1.82, 2.24) is 14.8 Å². The Morgan fingerprint density at radius 3 is 2.52 bits per heavy atom. The first kappa shape index (κ1) is 17.9. The van der Waals surface area contributed by atoms with Gasteiger partial charge in [-0.05, 0) is 69.9 Å². The molecule has 5 heteroatoms. The maximum atomic E-state index is 12.8. The number of amides is 1. The number of nitrogens with zero attached hydrogens (tertiary/aromatic N) is 3. The van der Waals surface area contributed by atoms with E-state index in [0.29, 0.717) is 12.5 Å². The van der Waals surface area contributed by atoms with Gasteiger partial charge in [0, 0.05) is 25.5 Å². The van der Waals surface area contributed by atoms with Crippen LogP contribution in [0.2, 0.25) is 0 Å². The van der Waals surface area contributed by atoms with Gasteiger partial charge in [0.15, 0.2) is 0 Å². The van der Waals surface area contributed by atoms with Crippen molar-refractivity contribution < 1.29 is 4.79 Å². The highest BCUT2D eigenvalue weighted by Gasteiger charge is 2.29. The van der Waals surface area contributed by atoms with Crippen LogP contribution in [0.1, 0.15) is 43.6 Å². The minimum absolute atomic E-state index is 0.0148. The molecule has 0 radical (unpaired) electrons. The molecule has 1 saturated heterocycles. The lowest BCUT2D eigenvalue weighted by Gasteiger charge is -2.36. The van der Waals surface area contributed by atoms with Gasteiger partial charge in [0.2, 0.25) is 5.91 Å². The molecular weight excluding hydrogens is 288 g/mol. The topological polar surface area (TPSA) is 62.5 Å². The monoisotopic (exact) mass is 318 g/mol. The van der Waals surface area contributed by atoms with E-state index < -0.39 is 0 Å². The van der Waals surface area contributed by atoms with Gasteiger partial charge >= 0.3 is 0 Å². The number of piperidine rings is 1. The van der Waals surface area contributed by atoms with E-state index in [9.17, 15) is 4.79 Å². The lowest BCUT2D eigenvalue weighted by atomic mass is 9.89. The van der Waals surface area contributed by atoms with Crippen LogP contribution in [0, 0.1) is 0 Å². The Labute approximate surface area is 139 Å². The second kappa shape index (κ2) is 8.99. The van der Waals surface area contributed by atoms with Crippen LogP contribution in [0.3, 0.4) is 0 Å². The van der Waals surface area contributed by atoms with Gasteiger partial charge in [-0.25, -0.2) is 0 Å². The van der Waals surface area contributed by atoms with Crippen LogP contribution in [0.5, 0.6) is 0 Å². The summed E-state index contributed by atoms with van der Waals surface area (Å²) in [4.78, 5) is 21.0. The van der Waals surface area contributed by atoms with Crippen LogP contribution in [0.4, 0.5) is 0 Å². The Hall–Kier alpha value is -1.46. The molecule has 1 aromatic heterocycles. The number of carbonyl (C=O) groups is 1. The first-order valence-electron chi connectivity index (χ1n) is 8.68. The summed E-state index contributed by atoms with van der Waals surface area (Å²) in [6.07, 6.45) is 8.68.